The summed E-state index contributed by atoms with van der Waals surface area (Å²) < 4.78 is 52.2. The first kappa shape index (κ1) is 31.9. The van der Waals surface area contributed by atoms with Crippen molar-refractivity contribution in [3.8, 4) is 5.75 Å². The molecule has 6 atom stereocenters. The van der Waals surface area contributed by atoms with Gasteiger partial charge in [-0.1, -0.05) is 48.5 Å². The number of carbonyl (C=O) groups excluding carboxylic acids is 1. The van der Waals surface area contributed by atoms with Crippen molar-refractivity contribution in [2.45, 2.75) is 63.6 Å². The maximum Gasteiger partial charge on any atom is 0.459 e. The number of ether oxygens (including phenoxy) is 4. The van der Waals surface area contributed by atoms with Crippen molar-refractivity contribution in [1.82, 2.24) is 24.6 Å². The summed E-state index contributed by atoms with van der Waals surface area (Å²) in [5, 5.41) is 2.70. The second-order valence-corrected chi connectivity index (χ2v) is 13.0. The molecule has 16 heteroatoms. The lowest BCUT2D eigenvalue weighted by Gasteiger charge is -2.33. The van der Waals surface area contributed by atoms with Crippen LogP contribution in [0.5, 0.6) is 5.75 Å². The predicted octanol–water partition coefficient (Wildman–Crippen LogP) is 3.09. The van der Waals surface area contributed by atoms with Crippen LogP contribution >= 0.6 is 7.75 Å². The van der Waals surface area contributed by atoms with E-state index in [9.17, 15) is 14.2 Å². The van der Waals surface area contributed by atoms with Crippen LogP contribution in [0, 0.1) is 0 Å². The van der Waals surface area contributed by atoms with Crippen LogP contribution in [0.1, 0.15) is 32.6 Å². The molecule has 2 aliphatic heterocycles. The summed E-state index contributed by atoms with van der Waals surface area (Å²) in [4.78, 5) is 36.0. The number of nitrogen functional groups attached to an aromatic ring is 1. The molecule has 2 aromatic carbocycles. The predicted molar refractivity (Wildman–Crippen MR) is 165 cm³/mol. The van der Waals surface area contributed by atoms with Gasteiger partial charge in [0, 0.05) is 0 Å². The number of nitrogens with two attached hydrogens (primary N) is 1. The van der Waals surface area contributed by atoms with Gasteiger partial charge >= 0.3 is 13.7 Å². The van der Waals surface area contributed by atoms with Crippen molar-refractivity contribution >= 4 is 30.8 Å². The Kier molecular flexibility index (Phi) is 8.97. The van der Waals surface area contributed by atoms with Gasteiger partial charge in [0.05, 0.1) is 32.3 Å². The van der Waals surface area contributed by atoms with Crippen molar-refractivity contribution < 1.29 is 37.4 Å². The first-order valence-electron chi connectivity index (χ1n) is 14.7. The second-order valence-electron chi connectivity index (χ2n) is 11.4. The van der Waals surface area contributed by atoms with Crippen molar-refractivity contribution in [3.63, 3.8) is 0 Å². The molecular weight excluding hydrogens is 619 g/mol. The largest absolute Gasteiger partial charge is 0.462 e. The Hall–Kier alpha value is -4.11. The molecule has 2 aliphatic rings. The number of aromatic amines is 1. The standard InChI is InChI=1S/C30H35N6O9P/c1-18(2)43-28(38)19(3)35-46(39,45-21-12-8-5-9-13-21)42-16-30-15-41-23(24(30)40-14-20-10-6-4-7-11-20)27(44-30)36-17-32-22-25(36)33-29(31)34-26(22)37/h4-13,17-19,23-24,27H,14-16H2,1-3H3,(H,35,39)(H3,31,33,34,37)/t19-,23+,24-,27+,30+,46?/m0/s1. The number of nitrogens with zero attached hydrogens (tertiary/aromatic N) is 3. The number of H-pyrrole nitrogens is 1. The minimum atomic E-state index is -4.26. The highest BCUT2D eigenvalue weighted by Gasteiger charge is 2.64. The fourth-order valence-corrected chi connectivity index (χ4v) is 6.93. The molecule has 4 heterocycles. The molecule has 1 unspecified atom stereocenters. The molecule has 0 radical (unpaired) electrons. The Morgan fingerprint density at radius 2 is 1.89 bits per heavy atom. The van der Waals surface area contributed by atoms with Gasteiger partial charge < -0.3 is 29.2 Å². The Balaban J connectivity index is 1.30. The molecule has 4 aromatic rings. The third-order valence-corrected chi connectivity index (χ3v) is 9.10. The number of fused-ring (bicyclic) bond motifs is 3. The summed E-state index contributed by atoms with van der Waals surface area (Å²) in [6.07, 6.45) is -1.27. The van der Waals surface area contributed by atoms with Crippen LogP contribution in [0.4, 0.5) is 5.95 Å². The number of para-hydroxylation sites is 1. The number of esters is 1. The lowest BCUT2D eigenvalue weighted by molar-refractivity contribution is -0.184. The molecule has 4 N–H and O–H groups in total. The highest BCUT2D eigenvalue weighted by atomic mass is 31.2. The maximum absolute atomic E-state index is 14.3. The minimum Gasteiger partial charge on any atom is -0.462 e. The van der Waals surface area contributed by atoms with E-state index >= 15 is 0 Å². The number of nitrogens with one attached hydrogen (secondary N) is 2. The van der Waals surface area contributed by atoms with E-state index < -0.39 is 49.4 Å². The molecule has 244 valence electrons. The van der Waals surface area contributed by atoms with E-state index in [0.717, 1.165) is 5.56 Å². The molecule has 0 aliphatic carbocycles. The van der Waals surface area contributed by atoms with Crippen LogP contribution in [0.25, 0.3) is 11.2 Å². The quantitative estimate of drug-likeness (QED) is 0.141. The summed E-state index contributed by atoms with van der Waals surface area (Å²) in [6, 6.07) is 16.9. The van der Waals surface area contributed by atoms with Crippen LogP contribution in [0.2, 0.25) is 0 Å². The fourth-order valence-electron chi connectivity index (χ4n) is 5.38. The van der Waals surface area contributed by atoms with Gasteiger partial charge in [0.2, 0.25) is 5.95 Å². The van der Waals surface area contributed by atoms with E-state index in [-0.39, 0.29) is 48.8 Å². The Bertz CT molecular complexity index is 1790. The smallest absolute Gasteiger partial charge is 0.459 e. The fraction of sp³-hybridized carbons (Fsp3) is 0.400. The van der Waals surface area contributed by atoms with Gasteiger partial charge in [-0.2, -0.15) is 10.1 Å². The summed E-state index contributed by atoms with van der Waals surface area (Å²) in [7, 11) is -4.26. The Labute approximate surface area is 263 Å². The zero-order valence-electron chi connectivity index (χ0n) is 25.4. The van der Waals surface area contributed by atoms with Crippen molar-refractivity contribution in [2.75, 3.05) is 18.9 Å². The van der Waals surface area contributed by atoms with Crippen molar-refractivity contribution in [1.29, 1.82) is 0 Å². The molecule has 2 fully saturated rings. The molecule has 2 bridgehead atoms. The highest BCUT2D eigenvalue weighted by Crippen LogP contribution is 2.52. The number of imidazole rings is 1. The van der Waals surface area contributed by atoms with Crippen molar-refractivity contribution in [2.24, 2.45) is 0 Å². The topological polar surface area (TPSA) is 191 Å². The Morgan fingerprint density at radius 3 is 2.61 bits per heavy atom. The Morgan fingerprint density at radius 1 is 1.17 bits per heavy atom. The van der Waals surface area contributed by atoms with Gasteiger partial charge in [-0.25, -0.2) is 9.55 Å². The number of aromatic nitrogens is 4. The monoisotopic (exact) mass is 654 g/mol. The number of hydrogen-bond donors (Lipinski definition) is 3. The van der Waals surface area contributed by atoms with Crippen molar-refractivity contribution in [3.05, 3.63) is 82.9 Å². The second kappa shape index (κ2) is 12.9. The summed E-state index contributed by atoms with van der Waals surface area (Å²) in [5.41, 5.74) is 5.20. The SMILES string of the molecule is CC(C)OC(=O)[C@H](C)NP(=O)(OC[C@@]12CO[C@@H]([C@H](n3cnc4c(=O)[nH]c(N)nc43)O1)[C@@H]2OCc1ccccc1)Oc1ccccc1. The number of anilines is 1. The number of hydrogen-bond acceptors (Lipinski definition) is 12. The molecule has 6 rings (SSSR count). The first-order chi connectivity index (χ1) is 22.1. The van der Waals surface area contributed by atoms with Gasteiger partial charge in [-0.05, 0) is 38.5 Å². The van der Waals surface area contributed by atoms with Crippen LogP contribution in [0.15, 0.2) is 71.8 Å². The number of benzene rings is 2. The maximum atomic E-state index is 14.3. The van der Waals surface area contributed by atoms with Gasteiger partial charge in [0.1, 0.15) is 29.6 Å². The van der Waals surface area contributed by atoms with E-state index in [2.05, 4.69) is 20.0 Å². The third kappa shape index (κ3) is 6.56. The lowest BCUT2D eigenvalue weighted by Crippen LogP contribution is -2.47. The van der Waals surface area contributed by atoms with E-state index in [0.29, 0.717) is 0 Å². The van der Waals surface area contributed by atoms with Gasteiger partial charge in [0.25, 0.3) is 5.56 Å². The van der Waals surface area contributed by atoms with Crippen LogP contribution < -0.4 is 20.9 Å². The van der Waals surface area contributed by atoms with Crippen LogP contribution in [-0.4, -0.2) is 68.7 Å². The molecular formula is C30H35N6O9P. The zero-order chi connectivity index (χ0) is 32.5. The summed E-state index contributed by atoms with van der Waals surface area (Å²) >= 11 is 0. The molecule has 15 nitrogen and oxygen atoms in total. The van der Waals surface area contributed by atoms with Gasteiger partial charge in [0.15, 0.2) is 17.4 Å². The average Bonchev–Trinajstić information content (AvgIpc) is 3.69. The molecule has 0 amide bonds. The average molecular weight is 655 g/mol. The molecule has 46 heavy (non-hydrogen) atoms. The molecule has 2 saturated heterocycles. The third-order valence-electron chi connectivity index (χ3n) is 7.48. The summed E-state index contributed by atoms with van der Waals surface area (Å²) in [6.45, 7) is 4.83. The van der Waals surface area contributed by atoms with E-state index in [1.807, 2.05) is 30.3 Å². The first-order valence-corrected chi connectivity index (χ1v) is 16.2. The van der Waals surface area contributed by atoms with Crippen LogP contribution in [-0.2, 0) is 39.4 Å². The lowest BCUT2D eigenvalue weighted by atomic mass is 10.00. The molecule has 0 saturated carbocycles. The van der Waals surface area contributed by atoms with Gasteiger partial charge in [-0.3, -0.25) is 23.7 Å². The normalized spacial score (nSPS) is 24.2. The number of carbonyl (C=O) groups is 1. The van der Waals surface area contributed by atoms with E-state index in [1.165, 1.54) is 13.3 Å². The van der Waals surface area contributed by atoms with E-state index in [4.69, 9.17) is 33.7 Å². The van der Waals surface area contributed by atoms with Crippen LogP contribution in [0.3, 0.4) is 0 Å². The minimum absolute atomic E-state index is 0.0205. The molecule has 2 aromatic heterocycles. The van der Waals surface area contributed by atoms with Gasteiger partial charge in [-0.15, -0.1) is 0 Å². The summed E-state index contributed by atoms with van der Waals surface area (Å²) in [5.74, 6) is -0.469. The highest BCUT2D eigenvalue weighted by molar-refractivity contribution is 7.52. The zero-order valence-corrected chi connectivity index (χ0v) is 26.3. The number of rotatable bonds is 13. The van der Waals surface area contributed by atoms with E-state index in [1.54, 1.807) is 48.7 Å². The molecule has 0 spiro atoms.